The lowest BCUT2D eigenvalue weighted by Gasteiger charge is -2.47. The molecule has 124 valence electrons. The number of nitrogens with zero attached hydrogens (tertiary/aromatic N) is 3. The predicted octanol–water partition coefficient (Wildman–Crippen LogP) is 2.56. The van der Waals surface area contributed by atoms with E-state index in [1.54, 1.807) is 24.8 Å². The third-order valence-corrected chi connectivity index (χ3v) is 6.06. The maximum atomic E-state index is 12.5. The lowest BCUT2D eigenvalue weighted by atomic mass is 9.92. The van der Waals surface area contributed by atoms with Crippen molar-refractivity contribution in [1.82, 2.24) is 14.9 Å². The Balaban J connectivity index is 1.34. The Bertz CT molecular complexity index is 747. The number of amides is 1. The van der Waals surface area contributed by atoms with Gasteiger partial charge in [0.15, 0.2) is 0 Å². The topological polar surface area (TPSA) is 55.3 Å². The van der Waals surface area contributed by atoms with Gasteiger partial charge in [0, 0.05) is 43.9 Å². The van der Waals surface area contributed by atoms with Crippen LogP contribution in [0.5, 0.6) is 5.75 Å². The first-order chi connectivity index (χ1) is 11.6. The van der Waals surface area contributed by atoms with Gasteiger partial charge in [-0.1, -0.05) is 0 Å². The largest absolute Gasteiger partial charge is 0.488 e. The van der Waals surface area contributed by atoms with Crippen LogP contribution < -0.4 is 4.74 Å². The molecule has 2 aromatic heterocycles. The van der Waals surface area contributed by atoms with Gasteiger partial charge in [-0.05, 0) is 30.7 Å². The Labute approximate surface area is 145 Å². The minimum absolute atomic E-state index is 0.0778. The summed E-state index contributed by atoms with van der Waals surface area (Å²) >= 11 is 1.92. The molecule has 0 bridgehead atoms. The number of likely N-dealkylation sites (tertiary alicyclic amines) is 1. The molecule has 4 rings (SSSR count). The highest BCUT2D eigenvalue weighted by molar-refractivity contribution is 8.01. The van der Waals surface area contributed by atoms with Gasteiger partial charge in [0.1, 0.15) is 11.9 Å². The zero-order valence-corrected chi connectivity index (χ0v) is 14.3. The lowest BCUT2D eigenvalue weighted by molar-refractivity contribution is 0.0517. The van der Waals surface area contributed by atoms with E-state index in [0.29, 0.717) is 5.56 Å². The first-order valence-electron chi connectivity index (χ1n) is 8.05. The molecule has 6 heteroatoms. The van der Waals surface area contributed by atoms with Crippen molar-refractivity contribution in [2.45, 2.75) is 24.2 Å². The standard InChI is InChI=1S/C18H19N3O2S/c1-13-5-14(8-20-7-13)17(22)21-11-18(12-21)6-16(10-24-18)23-15-3-2-4-19-9-15/h2-5,7-9,16H,6,10-12H2,1H3. The fraction of sp³-hybridized carbons (Fsp3) is 0.389. The van der Waals surface area contributed by atoms with Crippen LogP contribution >= 0.6 is 11.8 Å². The number of carbonyl (C=O) groups excluding carboxylic acids is 1. The number of hydrogen-bond acceptors (Lipinski definition) is 5. The molecule has 5 nitrogen and oxygen atoms in total. The SMILES string of the molecule is Cc1cncc(C(=O)N2CC3(CC(Oc4cccnc4)CS3)C2)c1. The van der Waals surface area contributed by atoms with Gasteiger partial charge >= 0.3 is 0 Å². The fourth-order valence-corrected chi connectivity index (χ4v) is 4.88. The summed E-state index contributed by atoms with van der Waals surface area (Å²) in [5, 5.41) is 0. The van der Waals surface area contributed by atoms with Crippen LogP contribution in [-0.2, 0) is 0 Å². The van der Waals surface area contributed by atoms with Crippen LogP contribution in [0.3, 0.4) is 0 Å². The van der Waals surface area contributed by atoms with E-state index in [2.05, 4.69) is 9.97 Å². The van der Waals surface area contributed by atoms with Crippen molar-refractivity contribution in [2.75, 3.05) is 18.8 Å². The average Bonchev–Trinajstić information content (AvgIpc) is 2.98. The molecule has 2 saturated heterocycles. The molecule has 1 spiro atoms. The second-order valence-electron chi connectivity index (χ2n) is 6.54. The van der Waals surface area contributed by atoms with E-state index in [1.807, 2.05) is 41.8 Å². The Morgan fingerprint density at radius 3 is 2.96 bits per heavy atom. The number of pyridine rings is 2. The summed E-state index contributed by atoms with van der Waals surface area (Å²) in [4.78, 5) is 22.6. The van der Waals surface area contributed by atoms with E-state index in [9.17, 15) is 4.79 Å². The van der Waals surface area contributed by atoms with Gasteiger partial charge in [-0.15, -0.1) is 11.8 Å². The second-order valence-corrected chi connectivity index (χ2v) is 8.03. The summed E-state index contributed by atoms with van der Waals surface area (Å²) in [7, 11) is 0. The zero-order valence-electron chi connectivity index (χ0n) is 13.5. The molecular formula is C18H19N3O2S. The highest BCUT2D eigenvalue weighted by Crippen LogP contribution is 2.46. The molecule has 1 unspecified atom stereocenters. The molecule has 24 heavy (non-hydrogen) atoms. The number of thioether (sulfide) groups is 1. The van der Waals surface area contributed by atoms with Crippen molar-refractivity contribution in [3.05, 3.63) is 54.1 Å². The third-order valence-electron chi connectivity index (χ3n) is 4.48. The molecule has 2 aromatic rings. The van der Waals surface area contributed by atoms with E-state index < -0.39 is 0 Å². The van der Waals surface area contributed by atoms with Gasteiger partial charge in [0.25, 0.3) is 5.91 Å². The molecule has 0 N–H and O–H groups in total. The first kappa shape index (κ1) is 15.4. The highest BCUT2D eigenvalue weighted by Gasteiger charge is 2.51. The molecule has 0 aromatic carbocycles. The minimum Gasteiger partial charge on any atom is -0.488 e. The third kappa shape index (κ3) is 2.98. The Morgan fingerprint density at radius 2 is 2.21 bits per heavy atom. The average molecular weight is 341 g/mol. The summed E-state index contributed by atoms with van der Waals surface area (Å²) < 4.78 is 6.16. The van der Waals surface area contributed by atoms with E-state index >= 15 is 0 Å². The summed E-state index contributed by atoms with van der Waals surface area (Å²) in [6.07, 6.45) is 8.07. The van der Waals surface area contributed by atoms with Gasteiger partial charge in [0.2, 0.25) is 0 Å². The van der Waals surface area contributed by atoms with Crippen LogP contribution in [0, 0.1) is 6.92 Å². The van der Waals surface area contributed by atoms with Gasteiger partial charge in [-0.2, -0.15) is 0 Å². The van der Waals surface area contributed by atoms with Crippen LogP contribution in [0.1, 0.15) is 22.3 Å². The molecule has 0 radical (unpaired) electrons. The summed E-state index contributed by atoms with van der Waals surface area (Å²) in [6.45, 7) is 3.53. The molecule has 1 amide bonds. The van der Waals surface area contributed by atoms with Crippen LogP contribution in [-0.4, -0.2) is 50.5 Å². The fourth-order valence-electron chi connectivity index (χ4n) is 3.36. The summed E-state index contributed by atoms with van der Waals surface area (Å²) in [6, 6.07) is 5.72. The second kappa shape index (κ2) is 6.09. The Hall–Kier alpha value is -2.08. The normalized spacial score (nSPS) is 21.5. The van der Waals surface area contributed by atoms with E-state index in [1.165, 1.54) is 0 Å². The number of aryl methyl sites for hydroxylation is 1. The number of carbonyl (C=O) groups is 1. The van der Waals surface area contributed by atoms with Crippen molar-refractivity contribution < 1.29 is 9.53 Å². The predicted molar refractivity (Wildman–Crippen MR) is 93.3 cm³/mol. The maximum Gasteiger partial charge on any atom is 0.255 e. The van der Waals surface area contributed by atoms with Crippen molar-refractivity contribution in [3.8, 4) is 5.75 Å². The molecule has 4 heterocycles. The van der Waals surface area contributed by atoms with Crippen LogP contribution in [0.25, 0.3) is 0 Å². The lowest BCUT2D eigenvalue weighted by Crippen LogP contribution is -2.60. The van der Waals surface area contributed by atoms with E-state index in [4.69, 9.17) is 4.74 Å². The van der Waals surface area contributed by atoms with Gasteiger partial charge in [-0.25, -0.2) is 0 Å². The van der Waals surface area contributed by atoms with Gasteiger partial charge in [0.05, 0.1) is 16.5 Å². The maximum absolute atomic E-state index is 12.5. The van der Waals surface area contributed by atoms with Crippen LogP contribution in [0.2, 0.25) is 0 Å². The van der Waals surface area contributed by atoms with Crippen LogP contribution in [0.4, 0.5) is 0 Å². The first-order valence-corrected chi connectivity index (χ1v) is 9.04. The highest BCUT2D eigenvalue weighted by atomic mass is 32.2. The molecule has 0 aliphatic carbocycles. The van der Waals surface area contributed by atoms with E-state index in [0.717, 1.165) is 36.6 Å². The monoisotopic (exact) mass is 341 g/mol. The number of aromatic nitrogens is 2. The summed E-state index contributed by atoms with van der Waals surface area (Å²) in [5.41, 5.74) is 1.69. The molecule has 2 aliphatic rings. The number of hydrogen-bond donors (Lipinski definition) is 0. The minimum atomic E-state index is 0.0778. The Morgan fingerprint density at radius 1 is 1.33 bits per heavy atom. The number of rotatable bonds is 3. The van der Waals surface area contributed by atoms with Gasteiger partial charge in [-0.3, -0.25) is 14.8 Å². The molecule has 0 saturated carbocycles. The molecular weight excluding hydrogens is 322 g/mol. The molecule has 1 atom stereocenters. The number of ether oxygens (including phenoxy) is 1. The molecule has 2 fully saturated rings. The Kier molecular flexibility index (Phi) is 3.92. The van der Waals surface area contributed by atoms with Crippen molar-refractivity contribution in [2.24, 2.45) is 0 Å². The smallest absolute Gasteiger partial charge is 0.255 e. The quantitative estimate of drug-likeness (QED) is 0.859. The van der Waals surface area contributed by atoms with Crippen molar-refractivity contribution in [1.29, 1.82) is 0 Å². The van der Waals surface area contributed by atoms with Crippen molar-refractivity contribution >= 4 is 17.7 Å². The molecule has 2 aliphatic heterocycles. The zero-order chi connectivity index (χ0) is 16.6. The van der Waals surface area contributed by atoms with Crippen molar-refractivity contribution in [3.63, 3.8) is 0 Å². The van der Waals surface area contributed by atoms with E-state index in [-0.39, 0.29) is 16.8 Å². The van der Waals surface area contributed by atoms with Gasteiger partial charge < -0.3 is 9.64 Å². The summed E-state index contributed by atoms with van der Waals surface area (Å²) in [5.74, 6) is 1.86. The van der Waals surface area contributed by atoms with Crippen LogP contribution in [0.15, 0.2) is 43.0 Å².